The third-order valence-electron chi connectivity index (χ3n) is 4.37. The Labute approximate surface area is 197 Å². The number of ether oxygens (including phenoxy) is 1. The van der Waals surface area contributed by atoms with Gasteiger partial charge < -0.3 is 4.74 Å². The largest absolute Gasteiger partial charge is 0.488 e. The molecule has 7 heteroatoms. The van der Waals surface area contributed by atoms with Gasteiger partial charge in [0.25, 0.3) is 11.1 Å². The molecule has 0 unspecified atom stereocenters. The fourth-order valence-electron chi connectivity index (χ4n) is 2.88. The van der Waals surface area contributed by atoms with Crippen LogP contribution in [-0.4, -0.2) is 11.1 Å². The first-order chi connectivity index (χ1) is 14.5. The molecule has 3 aromatic carbocycles. The minimum absolute atomic E-state index is 0.296. The molecule has 0 radical (unpaired) electrons. The van der Waals surface area contributed by atoms with Gasteiger partial charge in [-0.2, -0.15) is 0 Å². The van der Waals surface area contributed by atoms with E-state index < -0.39 is 0 Å². The molecule has 30 heavy (non-hydrogen) atoms. The highest BCUT2D eigenvalue weighted by atomic mass is 127. The zero-order valence-corrected chi connectivity index (χ0v) is 19.3. The average Bonchev–Trinajstić information content (AvgIpc) is 3.02. The van der Waals surface area contributed by atoms with Crippen LogP contribution in [0.4, 0.5) is 10.5 Å². The molecule has 150 valence electrons. The summed E-state index contributed by atoms with van der Waals surface area (Å²) in [4.78, 5) is 26.7. The third-order valence-corrected chi connectivity index (χ3v) is 6.33. The lowest BCUT2D eigenvalue weighted by atomic mass is 10.2. The summed E-state index contributed by atoms with van der Waals surface area (Å²) in [5.41, 5.74) is 2.43. The second-order valence-corrected chi connectivity index (χ2v) is 9.05. The van der Waals surface area contributed by atoms with Crippen LogP contribution >= 0.6 is 46.0 Å². The minimum Gasteiger partial charge on any atom is -0.488 e. The molecule has 0 N–H and O–H groups in total. The van der Waals surface area contributed by atoms with Gasteiger partial charge in [0.15, 0.2) is 0 Å². The summed E-state index contributed by atoms with van der Waals surface area (Å²) in [7, 11) is 0. The van der Waals surface area contributed by atoms with Crippen molar-refractivity contribution in [3.05, 3.63) is 97.4 Å². The van der Waals surface area contributed by atoms with Crippen LogP contribution in [0.25, 0.3) is 6.08 Å². The van der Waals surface area contributed by atoms with Gasteiger partial charge in [-0.15, -0.1) is 0 Å². The Morgan fingerprint density at radius 1 is 1.00 bits per heavy atom. The monoisotopic (exact) mass is 547 g/mol. The van der Waals surface area contributed by atoms with Gasteiger partial charge in [0, 0.05) is 5.02 Å². The van der Waals surface area contributed by atoms with Crippen LogP contribution in [0, 0.1) is 3.57 Å². The molecule has 0 aliphatic carbocycles. The zero-order chi connectivity index (χ0) is 21.1. The maximum Gasteiger partial charge on any atom is 0.298 e. The molecule has 1 heterocycles. The summed E-state index contributed by atoms with van der Waals surface area (Å²) >= 11 is 9.05. The van der Waals surface area contributed by atoms with Crippen molar-refractivity contribution in [2.75, 3.05) is 4.90 Å². The SMILES string of the molecule is O=C1S/C(=C\c2ccc(OCc3ccc(Cl)cc3)c(I)c2)C(=O)N1c1ccccc1. The number of hydrogen-bond donors (Lipinski definition) is 0. The number of hydrogen-bond acceptors (Lipinski definition) is 4. The van der Waals surface area contributed by atoms with Crippen molar-refractivity contribution in [2.45, 2.75) is 6.61 Å². The van der Waals surface area contributed by atoms with E-state index in [-0.39, 0.29) is 11.1 Å². The minimum atomic E-state index is -0.311. The molecule has 1 fully saturated rings. The van der Waals surface area contributed by atoms with Gasteiger partial charge in [-0.05, 0) is 88.0 Å². The summed E-state index contributed by atoms with van der Waals surface area (Å²) in [5.74, 6) is 0.439. The second kappa shape index (κ2) is 9.24. The summed E-state index contributed by atoms with van der Waals surface area (Å²) in [6, 6.07) is 22.1. The van der Waals surface area contributed by atoms with Crippen molar-refractivity contribution in [1.29, 1.82) is 0 Å². The number of rotatable bonds is 5. The van der Waals surface area contributed by atoms with E-state index in [1.807, 2.05) is 48.5 Å². The lowest BCUT2D eigenvalue weighted by molar-refractivity contribution is -0.113. The van der Waals surface area contributed by atoms with Crippen LogP contribution in [0.5, 0.6) is 5.75 Å². The number of para-hydroxylation sites is 1. The Morgan fingerprint density at radius 2 is 1.73 bits per heavy atom. The number of halogens is 2. The first-order valence-electron chi connectivity index (χ1n) is 9.01. The Hall–Kier alpha value is -2.29. The molecule has 1 aliphatic rings. The average molecular weight is 548 g/mol. The summed E-state index contributed by atoms with van der Waals surface area (Å²) in [6.45, 7) is 0.433. The quantitative estimate of drug-likeness (QED) is 0.261. The number of thioether (sulfide) groups is 1. The molecule has 2 amide bonds. The molecular formula is C23H15ClINO3S. The third kappa shape index (κ3) is 4.71. The van der Waals surface area contributed by atoms with Gasteiger partial charge in [-0.25, -0.2) is 4.90 Å². The Kier molecular flexibility index (Phi) is 6.46. The number of carbonyl (C=O) groups is 2. The van der Waals surface area contributed by atoms with Gasteiger partial charge in [-0.1, -0.05) is 48.0 Å². The molecule has 3 aromatic rings. The molecule has 0 bridgehead atoms. The Balaban J connectivity index is 1.49. The van der Waals surface area contributed by atoms with Crippen molar-refractivity contribution in [1.82, 2.24) is 0 Å². The number of nitrogens with zero attached hydrogens (tertiary/aromatic N) is 1. The predicted molar refractivity (Wildman–Crippen MR) is 130 cm³/mol. The van der Waals surface area contributed by atoms with Crippen molar-refractivity contribution < 1.29 is 14.3 Å². The lowest BCUT2D eigenvalue weighted by Crippen LogP contribution is -2.27. The van der Waals surface area contributed by atoms with Gasteiger partial charge in [0.05, 0.1) is 14.2 Å². The van der Waals surface area contributed by atoms with Crippen LogP contribution < -0.4 is 9.64 Å². The van der Waals surface area contributed by atoms with Gasteiger partial charge in [-0.3, -0.25) is 9.59 Å². The Morgan fingerprint density at radius 3 is 2.43 bits per heavy atom. The smallest absolute Gasteiger partial charge is 0.298 e. The van der Waals surface area contributed by atoms with E-state index in [1.54, 1.807) is 30.3 Å². The maximum absolute atomic E-state index is 12.7. The van der Waals surface area contributed by atoms with E-state index >= 15 is 0 Å². The molecule has 4 rings (SSSR count). The fourth-order valence-corrected chi connectivity index (χ4v) is 4.55. The van der Waals surface area contributed by atoms with E-state index in [2.05, 4.69) is 22.6 Å². The van der Waals surface area contributed by atoms with Gasteiger partial charge >= 0.3 is 0 Å². The number of anilines is 1. The van der Waals surface area contributed by atoms with Crippen LogP contribution in [0.2, 0.25) is 5.02 Å². The van der Waals surface area contributed by atoms with Crippen molar-refractivity contribution >= 4 is 68.9 Å². The van der Waals surface area contributed by atoms with Crippen LogP contribution in [-0.2, 0) is 11.4 Å². The summed E-state index contributed by atoms with van der Waals surface area (Å²) in [5, 5.41) is 0.393. The van der Waals surface area contributed by atoms with Gasteiger partial charge in [0.2, 0.25) is 0 Å². The van der Waals surface area contributed by atoms with Crippen LogP contribution in [0.3, 0.4) is 0 Å². The molecular weight excluding hydrogens is 533 g/mol. The molecule has 0 atom stereocenters. The molecule has 0 aromatic heterocycles. The highest BCUT2D eigenvalue weighted by Gasteiger charge is 2.36. The highest BCUT2D eigenvalue weighted by Crippen LogP contribution is 2.36. The highest BCUT2D eigenvalue weighted by molar-refractivity contribution is 14.1. The van der Waals surface area contributed by atoms with E-state index in [1.165, 1.54) is 4.90 Å². The van der Waals surface area contributed by atoms with E-state index in [9.17, 15) is 9.59 Å². The number of imide groups is 1. The standard InChI is InChI=1S/C23H15ClINO3S/c24-17-9-6-15(7-10-17)14-29-20-11-8-16(12-19(20)25)13-21-22(27)26(23(28)30-21)18-4-2-1-3-5-18/h1-13H,14H2/b21-13-. The lowest BCUT2D eigenvalue weighted by Gasteiger charge is -2.11. The van der Waals surface area contributed by atoms with E-state index in [4.69, 9.17) is 16.3 Å². The normalized spacial score (nSPS) is 15.1. The molecule has 0 spiro atoms. The van der Waals surface area contributed by atoms with Crippen LogP contribution in [0.15, 0.2) is 77.7 Å². The fraction of sp³-hybridized carbons (Fsp3) is 0.0435. The number of carbonyl (C=O) groups excluding carboxylic acids is 2. The van der Waals surface area contributed by atoms with Crippen molar-refractivity contribution in [3.63, 3.8) is 0 Å². The van der Waals surface area contributed by atoms with Crippen LogP contribution in [0.1, 0.15) is 11.1 Å². The molecule has 4 nitrogen and oxygen atoms in total. The summed E-state index contributed by atoms with van der Waals surface area (Å²) < 4.78 is 6.81. The predicted octanol–water partition coefficient (Wildman–Crippen LogP) is 6.76. The number of amides is 2. The molecule has 1 saturated heterocycles. The second-order valence-electron chi connectivity index (χ2n) is 6.46. The summed E-state index contributed by atoms with van der Waals surface area (Å²) in [6.07, 6.45) is 1.74. The van der Waals surface area contributed by atoms with Crippen molar-refractivity contribution in [2.24, 2.45) is 0 Å². The molecule has 1 aliphatic heterocycles. The van der Waals surface area contributed by atoms with Gasteiger partial charge in [0.1, 0.15) is 12.4 Å². The Bertz CT molecular complexity index is 1130. The maximum atomic E-state index is 12.7. The van der Waals surface area contributed by atoms with E-state index in [0.29, 0.717) is 22.2 Å². The topological polar surface area (TPSA) is 46.6 Å². The van der Waals surface area contributed by atoms with Crippen molar-refractivity contribution in [3.8, 4) is 5.75 Å². The zero-order valence-electron chi connectivity index (χ0n) is 15.5. The first kappa shape index (κ1) is 21.0. The molecule has 0 saturated carbocycles. The van der Waals surface area contributed by atoms with E-state index in [0.717, 1.165) is 32.2 Å². The first-order valence-corrected chi connectivity index (χ1v) is 11.3. The number of benzene rings is 3.